The van der Waals surface area contributed by atoms with Crippen molar-refractivity contribution in [2.24, 2.45) is 0 Å². The summed E-state index contributed by atoms with van der Waals surface area (Å²) in [5.74, 6) is -0.604. The molecule has 3 atom stereocenters. The summed E-state index contributed by atoms with van der Waals surface area (Å²) in [6, 6.07) is -0.914. The number of phosphoric acid groups is 1. The maximum atomic E-state index is 13.6. The topological polar surface area (TPSA) is 114 Å². The van der Waals surface area contributed by atoms with Gasteiger partial charge in [-0.25, -0.2) is 0 Å². The minimum Gasteiger partial charge on any atom is -0.756 e. The Balaban J connectivity index is 5.25. The number of allylic oxidation sites excluding steroid dienone is 13. The van der Waals surface area contributed by atoms with E-state index < -0.39 is 32.5 Å². The number of carbonyl (C=O) groups is 2. The molecule has 0 aliphatic rings. The van der Waals surface area contributed by atoms with Gasteiger partial charge in [0.1, 0.15) is 19.3 Å². The van der Waals surface area contributed by atoms with E-state index in [1.165, 1.54) is 173 Å². The Bertz CT molecular complexity index is 1630. The maximum Gasteiger partial charge on any atom is 0.306 e. The van der Waals surface area contributed by atoms with E-state index in [0.717, 1.165) is 77.0 Å². The molecule has 0 fully saturated rings. The molecule has 10 heteroatoms. The van der Waals surface area contributed by atoms with E-state index in [2.05, 4.69) is 99.0 Å². The Hall–Kier alpha value is -2.81. The smallest absolute Gasteiger partial charge is 0.306 e. The number of esters is 1. The number of nitrogens with zero attached hydrogens (tertiary/aromatic N) is 1. The number of quaternary nitrogens is 1. The van der Waals surface area contributed by atoms with Gasteiger partial charge in [0.15, 0.2) is 0 Å². The van der Waals surface area contributed by atoms with Crippen molar-refractivity contribution in [2.75, 3.05) is 40.9 Å². The van der Waals surface area contributed by atoms with Crippen LogP contribution in [0.1, 0.15) is 290 Å². The normalized spacial score (nSPS) is 14.2. The Labute approximate surface area is 488 Å². The first-order valence-corrected chi connectivity index (χ1v) is 34.4. The number of amides is 1. The molecule has 458 valence electrons. The van der Waals surface area contributed by atoms with Crippen molar-refractivity contribution in [1.82, 2.24) is 5.32 Å². The van der Waals surface area contributed by atoms with Crippen molar-refractivity contribution in [3.63, 3.8) is 0 Å². The lowest BCUT2D eigenvalue weighted by atomic mass is 10.0. The van der Waals surface area contributed by atoms with Gasteiger partial charge in [0.25, 0.3) is 7.82 Å². The lowest BCUT2D eigenvalue weighted by Crippen LogP contribution is -2.47. The van der Waals surface area contributed by atoms with Crippen LogP contribution in [0.5, 0.6) is 0 Å². The van der Waals surface area contributed by atoms with E-state index in [4.69, 9.17) is 13.8 Å². The summed E-state index contributed by atoms with van der Waals surface area (Å²) in [4.78, 5) is 40.0. The predicted octanol–water partition coefficient (Wildman–Crippen LogP) is 19.9. The van der Waals surface area contributed by atoms with Crippen molar-refractivity contribution in [3.05, 3.63) is 85.1 Å². The zero-order valence-electron chi connectivity index (χ0n) is 52.3. The zero-order valence-corrected chi connectivity index (χ0v) is 53.2. The third kappa shape index (κ3) is 59.6. The zero-order chi connectivity index (χ0) is 57.9. The van der Waals surface area contributed by atoms with E-state index in [1.807, 2.05) is 33.3 Å². The van der Waals surface area contributed by atoms with Gasteiger partial charge in [-0.05, 0) is 102 Å². The van der Waals surface area contributed by atoms with Gasteiger partial charge < -0.3 is 28.5 Å². The molecule has 0 aromatic heterocycles. The summed E-state index contributed by atoms with van der Waals surface area (Å²) < 4.78 is 30.3. The third-order valence-corrected chi connectivity index (χ3v) is 15.3. The van der Waals surface area contributed by atoms with Crippen molar-refractivity contribution < 1.29 is 37.3 Å². The first-order chi connectivity index (χ1) is 38.4. The molecule has 0 aliphatic carbocycles. The lowest BCUT2D eigenvalue weighted by Gasteiger charge is -2.30. The molecule has 0 saturated carbocycles. The summed E-state index contributed by atoms with van der Waals surface area (Å²) >= 11 is 0. The van der Waals surface area contributed by atoms with Crippen LogP contribution in [0, 0.1) is 0 Å². The van der Waals surface area contributed by atoms with Crippen LogP contribution in [0.25, 0.3) is 0 Å². The molecule has 0 rings (SSSR count). The fraction of sp³-hybridized carbons (Fsp3) is 0.768. The first-order valence-electron chi connectivity index (χ1n) is 32.9. The Morgan fingerprint density at radius 1 is 0.443 bits per heavy atom. The van der Waals surface area contributed by atoms with Gasteiger partial charge in [-0.15, -0.1) is 0 Å². The quantitative estimate of drug-likeness (QED) is 0.0212. The van der Waals surface area contributed by atoms with Gasteiger partial charge in [0.05, 0.1) is 33.8 Å². The Morgan fingerprint density at radius 3 is 1.20 bits per heavy atom. The minimum atomic E-state index is -4.72. The number of hydrogen-bond donors (Lipinski definition) is 1. The monoisotopic (exact) mass is 1120 g/mol. The predicted molar refractivity (Wildman–Crippen MR) is 339 cm³/mol. The molecule has 3 unspecified atom stereocenters. The summed E-state index contributed by atoms with van der Waals surface area (Å²) in [7, 11) is 1.15. The van der Waals surface area contributed by atoms with Crippen molar-refractivity contribution in [1.29, 1.82) is 0 Å². The fourth-order valence-electron chi connectivity index (χ4n) is 9.19. The highest BCUT2D eigenvalue weighted by Gasteiger charge is 2.27. The summed E-state index contributed by atoms with van der Waals surface area (Å²) in [6.07, 6.45) is 77.0. The van der Waals surface area contributed by atoms with Crippen LogP contribution in [0.4, 0.5) is 0 Å². The van der Waals surface area contributed by atoms with Gasteiger partial charge in [-0.1, -0.05) is 260 Å². The molecule has 9 nitrogen and oxygen atoms in total. The van der Waals surface area contributed by atoms with E-state index in [9.17, 15) is 19.0 Å². The van der Waals surface area contributed by atoms with Crippen molar-refractivity contribution in [2.45, 2.75) is 303 Å². The molecular weight excluding hydrogens is 1000 g/mol. The number of likely N-dealkylation sites (N-methyl/N-ethyl adjacent to an activating group) is 1. The second kappa shape index (κ2) is 58.4. The Kier molecular flexibility index (Phi) is 56.3. The molecule has 0 bridgehead atoms. The number of nitrogens with one attached hydrogen (secondary N) is 1. The second-order valence-corrected chi connectivity index (χ2v) is 24.7. The molecule has 0 radical (unpaired) electrons. The molecule has 0 heterocycles. The molecule has 0 aromatic carbocycles. The van der Waals surface area contributed by atoms with Crippen LogP contribution in [0.2, 0.25) is 0 Å². The molecule has 0 spiro atoms. The summed E-state index contributed by atoms with van der Waals surface area (Å²) in [5, 5.41) is 3.02. The standard InChI is InChI=1S/C69H125N2O7P/c1-7-10-13-16-19-22-25-28-30-32-33-34-35-36-37-39-40-43-46-49-52-55-58-61-68(72)70-66(65-77-79(74,75)76-64-63-71(4,5)6)67(60-57-54-51-48-45-42-27-24-21-18-15-12-9-3)78-69(73)62-59-56-53-50-47-44-41-38-31-29-26-23-20-17-14-11-8-2/h19-20,22-23,28-31,41,44,50,53,57,60,66-67H,7-18,21,24-27,32-40,42-43,45-49,51-52,54-56,58-59,61-65H2,1-6H3,(H-,70,72,74,75)/b22-19-,23-20-,30-28-,31-29-,44-41-,53-50-,60-57-. The van der Waals surface area contributed by atoms with Gasteiger partial charge >= 0.3 is 5.97 Å². The average molecular weight is 1130 g/mol. The van der Waals surface area contributed by atoms with Gasteiger partial charge in [-0.3, -0.25) is 14.2 Å². The number of carbonyl (C=O) groups excluding carboxylic acids is 2. The molecule has 0 aromatic rings. The van der Waals surface area contributed by atoms with Crippen LogP contribution < -0.4 is 10.2 Å². The average Bonchev–Trinajstić information content (AvgIpc) is 3.41. The second-order valence-electron chi connectivity index (χ2n) is 23.3. The number of hydrogen-bond acceptors (Lipinski definition) is 7. The molecule has 1 N–H and O–H groups in total. The van der Waals surface area contributed by atoms with E-state index in [0.29, 0.717) is 23.9 Å². The van der Waals surface area contributed by atoms with Gasteiger partial charge in [0.2, 0.25) is 5.91 Å². The molecule has 79 heavy (non-hydrogen) atoms. The Morgan fingerprint density at radius 2 is 0.785 bits per heavy atom. The summed E-state index contributed by atoms with van der Waals surface area (Å²) in [5.41, 5.74) is 0. The van der Waals surface area contributed by atoms with Crippen LogP contribution in [-0.4, -0.2) is 69.4 Å². The van der Waals surface area contributed by atoms with E-state index >= 15 is 0 Å². The molecule has 0 saturated heterocycles. The highest BCUT2D eigenvalue weighted by molar-refractivity contribution is 7.45. The minimum absolute atomic E-state index is 0.0332. The van der Waals surface area contributed by atoms with Gasteiger partial charge in [0, 0.05) is 12.8 Å². The molecule has 1 amide bonds. The van der Waals surface area contributed by atoms with Crippen LogP contribution in [0.3, 0.4) is 0 Å². The molecule has 0 aliphatic heterocycles. The van der Waals surface area contributed by atoms with Crippen molar-refractivity contribution in [3.8, 4) is 0 Å². The van der Waals surface area contributed by atoms with E-state index in [1.54, 1.807) is 0 Å². The number of phosphoric ester groups is 1. The highest BCUT2D eigenvalue weighted by Crippen LogP contribution is 2.38. The fourth-order valence-corrected chi connectivity index (χ4v) is 9.92. The highest BCUT2D eigenvalue weighted by atomic mass is 31.2. The third-order valence-electron chi connectivity index (χ3n) is 14.3. The van der Waals surface area contributed by atoms with Crippen LogP contribution in [-0.2, 0) is 27.9 Å². The number of ether oxygens (including phenoxy) is 1. The largest absolute Gasteiger partial charge is 0.756 e. The van der Waals surface area contributed by atoms with Crippen molar-refractivity contribution >= 4 is 19.7 Å². The lowest BCUT2D eigenvalue weighted by molar-refractivity contribution is -0.870. The van der Waals surface area contributed by atoms with Crippen LogP contribution in [0.15, 0.2) is 85.1 Å². The SMILES string of the molecule is CCCCC/C=C\C/C=C\C/C=C\C/C=C\CCCC(=O)OC(/C=C\CCCCCCCCCCCCC)C(COP(=O)([O-])OCC[N+](C)(C)C)NC(=O)CCCCCCCCCCCCCCC/C=C\C/C=C\CCCCC. The van der Waals surface area contributed by atoms with Crippen LogP contribution >= 0.6 is 7.82 Å². The number of rotatable bonds is 59. The van der Waals surface area contributed by atoms with E-state index in [-0.39, 0.29) is 18.9 Å². The molecular formula is C69H125N2O7P. The number of unbranched alkanes of at least 4 members (excludes halogenated alkanes) is 31. The maximum absolute atomic E-state index is 13.6. The summed E-state index contributed by atoms with van der Waals surface area (Å²) in [6.45, 7) is 6.77. The van der Waals surface area contributed by atoms with Gasteiger partial charge in [-0.2, -0.15) is 0 Å². The first kappa shape index (κ1) is 76.2.